The number of hydrogen-bond donors (Lipinski definition) is 1. The molecule has 0 amide bonds. The molecule has 2 heteroatoms. The maximum absolute atomic E-state index is 9.67. The van der Waals surface area contributed by atoms with Crippen molar-refractivity contribution in [3.63, 3.8) is 0 Å². The fourth-order valence-corrected chi connectivity index (χ4v) is 1.35. The Balaban J connectivity index is 2.50. The van der Waals surface area contributed by atoms with Gasteiger partial charge in [0.15, 0.2) is 0 Å². The lowest BCUT2D eigenvalue weighted by Gasteiger charge is -2.34. The van der Waals surface area contributed by atoms with Crippen molar-refractivity contribution in [3.8, 4) is 0 Å². The van der Waals surface area contributed by atoms with Gasteiger partial charge in [-0.3, -0.25) is 0 Å². The Morgan fingerprint density at radius 2 is 1.75 bits per heavy atom. The Kier molecular flexibility index (Phi) is 4.51. The van der Waals surface area contributed by atoms with Crippen molar-refractivity contribution in [2.24, 2.45) is 5.41 Å². The molecule has 1 aromatic rings. The zero-order valence-electron chi connectivity index (χ0n) is 10.6. The third-order valence-corrected chi connectivity index (χ3v) is 3.47. The standard InChI is InChI=1S/C14H22O2/c1-11(15)14(3,4)12(2)16-10-13-8-6-5-7-9-13/h5-9,11-12,15H,10H2,1-4H3/t11-,12-/m0/s1. The van der Waals surface area contributed by atoms with Crippen LogP contribution in [0.2, 0.25) is 0 Å². The quantitative estimate of drug-likeness (QED) is 0.830. The lowest BCUT2D eigenvalue weighted by molar-refractivity contribution is -0.0763. The van der Waals surface area contributed by atoms with Crippen LogP contribution < -0.4 is 0 Å². The van der Waals surface area contributed by atoms with Crippen molar-refractivity contribution in [3.05, 3.63) is 35.9 Å². The molecule has 90 valence electrons. The smallest absolute Gasteiger partial charge is 0.0720 e. The van der Waals surface area contributed by atoms with Gasteiger partial charge in [0.2, 0.25) is 0 Å². The summed E-state index contributed by atoms with van der Waals surface area (Å²) in [6, 6.07) is 10.1. The molecule has 2 atom stereocenters. The minimum absolute atomic E-state index is 0.0210. The van der Waals surface area contributed by atoms with Crippen LogP contribution in [-0.2, 0) is 11.3 Å². The average molecular weight is 222 g/mol. The predicted octanol–water partition coefficient (Wildman–Crippen LogP) is 3.00. The zero-order chi connectivity index (χ0) is 12.2. The maximum atomic E-state index is 9.67. The highest BCUT2D eigenvalue weighted by atomic mass is 16.5. The molecule has 1 N–H and O–H groups in total. The molecule has 0 aliphatic rings. The zero-order valence-corrected chi connectivity index (χ0v) is 10.6. The minimum Gasteiger partial charge on any atom is -0.393 e. The van der Waals surface area contributed by atoms with Gasteiger partial charge in [0.25, 0.3) is 0 Å². The Morgan fingerprint density at radius 1 is 1.19 bits per heavy atom. The van der Waals surface area contributed by atoms with Gasteiger partial charge >= 0.3 is 0 Å². The van der Waals surface area contributed by atoms with E-state index in [1.165, 1.54) is 0 Å². The Labute approximate surface area is 98.3 Å². The topological polar surface area (TPSA) is 29.5 Å². The monoisotopic (exact) mass is 222 g/mol. The molecule has 0 aromatic heterocycles. The first-order valence-electron chi connectivity index (χ1n) is 5.78. The molecule has 0 spiro atoms. The van der Waals surface area contributed by atoms with E-state index in [0.717, 1.165) is 5.56 Å². The first-order valence-corrected chi connectivity index (χ1v) is 5.78. The van der Waals surface area contributed by atoms with Gasteiger partial charge in [-0.15, -0.1) is 0 Å². The molecule has 0 aliphatic carbocycles. The van der Waals surface area contributed by atoms with Crippen LogP contribution in [0.1, 0.15) is 33.3 Å². The number of ether oxygens (including phenoxy) is 1. The SMILES string of the molecule is C[C@H](O)C(C)(C)[C@H](C)OCc1ccccc1. The summed E-state index contributed by atoms with van der Waals surface area (Å²) in [7, 11) is 0. The highest BCUT2D eigenvalue weighted by Gasteiger charge is 2.31. The molecule has 0 unspecified atom stereocenters. The molecule has 0 radical (unpaired) electrons. The predicted molar refractivity (Wildman–Crippen MR) is 66.2 cm³/mol. The summed E-state index contributed by atoms with van der Waals surface area (Å²) in [4.78, 5) is 0. The van der Waals surface area contributed by atoms with Crippen molar-refractivity contribution >= 4 is 0 Å². The summed E-state index contributed by atoms with van der Waals surface area (Å²) in [6.45, 7) is 8.46. The molecule has 0 saturated carbocycles. The molecule has 0 heterocycles. The van der Waals surface area contributed by atoms with E-state index in [-0.39, 0.29) is 17.6 Å². The van der Waals surface area contributed by atoms with Crippen molar-refractivity contribution in [2.45, 2.75) is 46.5 Å². The van der Waals surface area contributed by atoms with E-state index in [1.54, 1.807) is 0 Å². The van der Waals surface area contributed by atoms with Gasteiger partial charge < -0.3 is 9.84 Å². The highest BCUT2D eigenvalue weighted by molar-refractivity contribution is 5.13. The van der Waals surface area contributed by atoms with Crippen LogP contribution in [0, 0.1) is 5.41 Å². The van der Waals surface area contributed by atoms with Crippen molar-refractivity contribution in [1.29, 1.82) is 0 Å². The molecular formula is C14H22O2. The third-order valence-electron chi connectivity index (χ3n) is 3.47. The third kappa shape index (κ3) is 3.32. The van der Waals surface area contributed by atoms with Crippen LogP contribution in [0.4, 0.5) is 0 Å². The van der Waals surface area contributed by atoms with Gasteiger partial charge in [-0.1, -0.05) is 44.2 Å². The first-order chi connectivity index (χ1) is 7.44. The molecule has 0 aliphatic heterocycles. The Morgan fingerprint density at radius 3 is 2.25 bits per heavy atom. The van der Waals surface area contributed by atoms with Crippen LogP contribution in [-0.4, -0.2) is 17.3 Å². The van der Waals surface area contributed by atoms with Gasteiger partial charge in [0.05, 0.1) is 18.8 Å². The molecule has 0 saturated heterocycles. The van der Waals surface area contributed by atoms with Gasteiger partial charge in [0, 0.05) is 5.41 Å². The number of aliphatic hydroxyl groups excluding tert-OH is 1. The van der Waals surface area contributed by atoms with E-state index in [4.69, 9.17) is 4.74 Å². The number of aliphatic hydroxyl groups is 1. The lowest BCUT2D eigenvalue weighted by atomic mass is 9.82. The number of rotatable bonds is 5. The molecular weight excluding hydrogens is 200 g/mol. The summed E-state index contributed by atoms with van der Waals surface area (Å²) < 4.78 is 5.79. The Bertz CT molecular complexity index is 304. The molecule has 2 nitrogen and oxygen atoms in total. The van der Waals surface area contributed by atoms with E-state index in [2.05, 4.69) is 0 Å². The second kappa shape index (κ2) is 5.46. The summed E-state index contributed by atoms with van der Waals surface area (Å²) in [5.74, 6) is 0. The number of hydrogen-bond acceptors (Lipinski definition) is 2. The summed E-state index contributed by atoms with van der Waals surface area (Å²) in [5.41, 5.74) is 0.935. The average Bonchev–Trinajstić information content (AvgIpc) is 2.27. The van der Waals surface area contributed by atoms with Gasteiger partial charge in [-0.05, 0) is 19.4 Å². The van der Waals surface area contributed by atoms with Crippen LogP contribution >= 0.6 is 0 Å². The van der Waals surface area contributed by atoms with E-state index >= 15 is 0 Å². The van der Waals surface area contributed by atoms with E-state index in [0.29, 0.717) is 6.61 Å². The minimum atomic E-state index is -0.377. The van der Waals surface area contributed by atoms with Crippen molar-refractivity contribution < 1.29 is 9.84 Å². The summed E-state index contributed by atoms with van der Waals surface area (Å²) >= 11 is 0. The first kappa shape index (κ1) is 13.2. The lowest BCUT2D eigenvalue weighted by Crippen LogP contribution is -2.38. The van der Waals surface area contributed by atoms with E-state index < -0.39 is 0 Å². The second-order valence-electron chi connectivity index (χ2n) is 4.94. The molecule has 0 bridgehead atoms. The summed E-state index contributed by atoms with van der Waals surface area (Å²) in [6.07, 6.45) is -0.356. The van der Waals surface area contributed by atoms with Gasteiger partial charge in [-0.25, -0.2) is 0 Å². The normalized spacial score (nSPS) is 15.8. The molecule has 1 aromatic carbocycles. The van der Waals surface area contributed by atoms with Crippen LogP contribution in [0.25, 0.3) is 0 Å². The van der Waals surface area contributed by atoms with Gasteiger partial charge in [-0.2, -0.15) is 0 Å². The van der Waals surface area contributed by atoms with Crippen LogP contribution in [0.3, 0.4) is 0 Å². The second-order valence-corrected chi connectivity index (χ2v) is 4.94. The number of benzene rings is 1. The highest BCUT2D eigenvalue weighted by Crippen LogP contribution is 2.28. The molecule has 16 heavy (non-hydrogen) atoms. The van der Waals surface area contributed by atoms with E-state index in [9.17, 15) is 5.11 Å². The molecule has 0 fully saturated rings. The van der Waals surface area contributed by atoms with Crippen LogP contribution in [0.5, 0.6) is 0 Å². The largest absolute Gasteiger partial charge is 0.393 e. The fraction of sp³-hybridized carbons (Fsp3) is 0.571. The molecule has 1 rings (SSSR count). The maximum Gasteiger partial charge on any atom is 0.0720 e. The van der Waals surface area contributed by atoms with Crippen LogP contribution in [0.15, 0.2) is 30.3 Å². The van der Waals surface area contributed by atoms with Crippen molar-refractivity contribution in [2.75, 3.05) is 0 Å². The van der Waals surface area contributed by atoms with Gasteiger partial charge in [0.1, 0.15) is 0 Å². The summed E-state index contributed by atoms with van der Waals surface area (Å²) in [5, 5.41) is 9.67. The van der Waals surface area contributed by atoms with Crippen molar-refractivity contribution in [1.82, 2.24) is 0 Å². The Hall–Kier alpha value is -0.860. The fourth-order valence-electron chi connectivity index (χ4n) is 1.35. The van der Waals surface area contributed by atoms with E-state index in [1.807, 2.05) is 58.0 Å².